The highest BCUT2D eigenvalue weighted by molar-refractivity contribution is 7.98. The molecule has 1 aromatic rings. The molecule has 0 aliphatic heterocycles. The highest BCUT2D eigenvalue weighted by atomic mass is 35.5. The van der Waals surface area contributed by atoms with Gasteiger partial charge in [-0.25, -0.2) is 18.2 Å². The van der Waals surface area contributed by atoms with Crippen molar-refractivity contribution < 1.29 is 4.21 Å². The molecule has 1 rings (SSSR count). The van der Waals surface area contributed by atoms with Crippen LogP contribution in [0.2, 0.25) is 5.15 Å². The Bertz CT molecular complexity index is 570. The first-order valence-electron chi connectivity index (χ1n) is 5.32. The molecule has 0 radical (unpaired) electrons. The predicted octanol–water partition coefficient (Wildman–Crippen LogP) is 1.41. The van der Waals surface area contributed by atoms with Crippen molar-refractivity contribution in [2.24, 2.45) is 0 Å². The topological polar surface area (TPSA) is 69.0 Å². The van der Waals surface area contributed by atoms with Crippen molar-refractivity contribution in [1.29, 1.82) is 5.26 Å². The molecule has 1 unspecified atom stereocenters. The maximum absolute atomic E-state index is 12.8. The van der Waals surface area contributed by atoms with Crippen LogP contribution in [0.3, 0.4) is 0 Å². The molecule has 0 saturated heterocycles. The molecule has 0 aromatic carbocycles. The molecule has 1 aromatic heterocycles. The molecular formula is C11H15ClN4OS. The molecule has 0 amide bonds. The van der Waals surface area contributed by atoms with Crippen LogP contribution in [0.25, 0.3) is 0 Å². The van der Waals surface area contributed by atoms with Crippen molar-refractivity contribution in [3.63, 3.8) is 0 Å². The molecule has 0 bridgehead atoms. The molecule has 0 aliphatic rings. The number of halogens is 1. The highest BCUT2D eigenvalue weighted by Crippen LogP contribution is 2.10. The van der Waals surface area contributed by atoms with Crippen LogP contribution in [0, 0.1) is 11.5 Å². The zero-order valence-corrected chi connectivity index (χ0v) is 12.0. The van der Waals surface area contributed by atoms with Gasteiger partial charge in [-0.3, -0.25) is 0 Å². The minimum Gasteiger partial charge on any atom is -0.244 e. The molecular weight excluding hydrogens is 272 g/mol. The Balaban J connectivity index is 3.41. The van der Waals surface area contributed by atoms with E-state index in [1.807, 2.05) is 6.92 Å². The fourth-order valence-corrected chi connectivity index (χ4v) is 3.19. The molecule has 98 valence electrons. The van der Waals surface area contributed by atoms with E-state index in [0.717, 1.165) is 0 Å². The first-order chi connectivity index (χ1) is 8.45. The van der Waals surface area contributed by atoms with Crippen LogP contribution < -0.4 is 4.72 Å². The van der Waals surface area contributed by atoms with Crippen molar-refractivity contribution in [3.8, 4) is 6.19 Å². The molecule has 18 heavy (non-hydrogen) atoms. The number of nitrogens with zero attached hydrogens (tertiary/aromatic N) is 3. The standard InChI is InChI=1S/C11H15ClN4OS/c1-4-16(3)18(17,15-8-13)9(2)10-5-6-11(12)14-7-10/h5-7H,4H2,1-3H3,(H,15,17). The number of nitriles is 1. The SMILES string of the molecule is CCN(C)S(=O)(NC#N)=C(C)c1ccc(Cl)nc1. The van der Waals surface area contributed by atoms with Crippen molar-refractivity contribution in [3.05, 3.63) is 29.0 Å². The maximum Gasteiger partial charge on any atom is 0.189 e. The van der Waals surface area contributed by atoms with Gasteiger partial charge in [0, 0.05) is 30.2 Å². The van der Waals surface area contributed by atoms with E-state index in [9.17, 15) is 4.21 Å². The lowest BCUT2D eigenvalue weighted by Gasteiger charge is -2.22. The summed E-state index contributed by atoms with van der Waals surface area (Å²) < 4.78 is 16.8. The second-order valence-electron chi connectivity index (χ2n) is 3.61. The molecule has 7 heteroatoms. The van der Waals surface area contributed by atoms with E-state index >= 15 is 0 Å². The van der Waals surface area contributed by atoms with Gasteiger partial charge in [0.15, 0.2) is 6.19 Å². The minimum absolute atomic E-state index is 0.370. The Labute approximate surface area is 113 Å². The van der Waals surface area contributed by atoms with E-state index in [1.165, 1.54) is 0 Å². The Kier molecular flexibility index (Phi) is 4.96. The molecule has 0 fully saturated rings. The van der Waals surface area contributed by atoms with Crippen LogP contribution in [-0.4, -0.2) is 32.0 Å². The largest absolute Gasteiger partial charge is 0.244 e. The number of hydrogen-bond acceptors (Lipinski definition) is 3. The molecule has 0 spiro atoms. The zero-order valence-electron chi connectivity index (χ0n) is 10.5. The lowest BCUT2D eigenvalue weighted by atomic mass is 10.2. The van der Waals surface area contributed by atoms with Gasteiger partial charge in [0.05, 0.1) is 0 Å². The number of hydrogen-bond donors (Lipinski definition) is 1. The van der Waals surface area contributed by atoms with Crippen LogP contribution in [0.5, 0.6) is 0 Å². The van der Waals surface area contributed by atoms with E-state index in [2.05, 4.69) is 9.71 Å². The summed E-state index contributed by atoms with van der Waals surface area (Å²) in [6.45, 7) is 4.13. The summed E-state index contributed by atoms with van der Waals surface area (Å²) >= 11 is 5.71. The molecule has 0 saturated carbocycles. The van der Waals surface area contributed by atoms with Crippen LogP contribution in [0.15, 0.2) is 18.3 Å². The van der Waals surface area contributed by atoms with E-state index < -0.39 is 9.89 Å². The highest BCUT2D eigenvalue weighted by Gasteiger charge is 2.17. The second kappa shape index (κ2) is 6.05. The van der Waals surface area contributed by atoms with Crippen LogP contribution in [0.1, 0.15) is 19.4 Å². The van der Waals surface area contributed by atoms with Gasteiger partial charge in [-0.05, 0) is 19.1 Å². The summed E-state index contributed by atoms with van der Waals surface area (Å²) in [6, 6.07) is 3.35. The van der Waals surface area contributed by atoms with E-state index in [1.54, 1.807) is 42.8 Å². The number of rotatable bonds is 4. The van der Waals surface area contributed by atoms with E-state index in [-0.39, 0.29) is 0 Å². The first kappa shape index (κ1) is 14.8. The molecule has 5 nitrogen and oxygen atoms in total. The summed E-state index contributed by atoms with van der Waals surface area (Å²) in [5.74, 6) is 0. The van der Waals surface area contributed by atoms with Gasteiger partial charge in [-0.15, -0.1) is 0 Å². The summed E-state index contributed by atoms with van der Waals surface area (Å²) in [5, 5.41) is 9.14. The Morgan fingerprint density at radius 3 is 2.78 bits per heavy atom. The summed E-state index contributed by atoms with van der Waals surface area (Å²) in [7, 11) is -1.06. The first-order valence-corrected chi connectivity index (χ1v) is 7.21. The smallest absolute Gasteiger partial charge is 0.189 e. The Hall–Kier alpha value is -1.29. The van der Waals surface area contributed by atoms with Crippen molar-refractivity contribution in [2.45, 2.75) is 13.8 Å². The molecule has 1 N–H and O–H groups in total. The summed E-state index contributed by atoms with van der Waals surface area (Å²) in [5.41, 5.74) is 0.687. The quantitative estimate of drug-likeness (QED) is 0.299. The second-order valence-corrected chi connectivity index (χ2v) is 6.49. The molecule has 1 heterocycles. The lowest BCUT2D eigenvalue weighted by Crippen LogP contribution is -2.40. The van der Waals surface area contributed by atoms with Crippen molar-refractivity contribution in [2.75, 3.05) is 13.6 Å². The average Bonchev–Trinajstić information content (AvgIpc) is 2.38. The van der Waals surface area contributed by atoms with Crippen molar-refractivity contribution >= 4 is 26.4 Å². The summed E-state index contributed by atoms with van der Waals surface area (Å²) in [4.78, 5) is 4.50. The Morgan fingerprint density at radius 2 is 2.33 bits per heavy atom. The predicted molar refractivity (Wildman–Crippen MR) is 74.2 cm³/mol. The summed E-state index contributed by atoms with van der Waals surface area (Å²) in [6.07, 6.45) is 3.29. The van der Waals surface area contributed by atoms with Gasteiger partial charge >= 0.3 is 0 Å². The fraction of sp³-hybridized carbons (Fsp3) is 0.364. The van der Waals surface area contributed by atoms with Gasteiger partial charge < -0.3 is 0 Å². The third-order valence-electron chi connectivity index (χ3n) is 2.62. The fourth-order valence-electron chi connectivity index (χ4n) is 1.38. The maximum atomic E-state index is 12.8. The van der Waals surface area contributed by atoms with Crippen LogP contribution >= 0.6 is 11.6 Å². The zero-order chi connectivity index (χ0) is 13.8. The third-order valence-corrected chi connectivity index (χ3v) is 5.41. The molecule has 1 atom stereocenters. The van der Waals surface area contributed by atoms with Gasteiger partial charge in [-0.2, -0.15) is 5.26 Å². The van der Waals surface area contributed by atoms with Crippen LogP contribution in [-0.2, 0) is 9.89 Å². The lowest BCUT2D eigenvalue weighted by molar-refractivity contribution is 0.540. The number of pyridine rings is 1. The Morgan fingerprint density at radius 1 is 1.67 bits per heavy atom. The minimum atomic E-state index is -2.76. The van der Waals surface area contributed by atoms with Gasteiger partial charge in [-0.1, -0.05) is 18.5 Å². The monoisotopic (exact) mass is 286 g/mol. The average molecular weight is 287 g/mol. The normalized spacial score (nSPS) is 13.8. The van der Waals surface area contributed by atoms with Gasteiger partial charge in [0.25, 0.3) is 0 Å². The number of aromatic nitrogens is 1. The van der Waals surface area contributed by atoms with E-state index in [0.29, 0.717) is 22.1 Å². The van der Waals surface area contributed by atoms with E-state index in [4.69, 9.17) is 16.9 Å². The van der Waals surface area contributed by atoms with Gasteiger partial charge in [0.1, 0.15) is 15.0 Å². The van der Waals surface area contributed by atoms with Gasteiger partial charge in [0.2, 0.25) is 0 Å². The van der Waals surface area contributed by atoms with Crippen molar-refractivity contribution in [1.82, 2.24) is 14.0 Å². The molecule has 0 aliphatic carbocycles. The number of nitrogens with one attached hydrogen (secondary N) is 1. The van der Waals surface area contributed by atoms with Crippen LogP contribution in [0.4, 0.5) is 0 Å². The third kappa shape index (κ3) is 2.93.